The maximum Gasteiger partial charge on any atom is 0.317 e. The van der Waals surface area contributed by atoms with Crippen molar-refractivity contribution in [2.24, 2.45) is 5.92 Å². The van der Waals surface area contributed by atoms with Crippen LogP contribution in [0.1, 0.15) is 24.8 Å². The number of nitrogens with one attached hydrogen (secondary N) is 2. The second kappa shape index (κ2) is 6.92. The van der Waals surface area contributed by atoms with E-state index in [0.29, 0.717) is 18.7 Å². The third-order valence-corrected chi connectivity index (χ3v) is 6.55. The molecule has 8 heteroatoms. The smallest absolute Gasteiger partial charge is 0.317 e. The molecule has 0 bridgehead atoms. The van der Waals surface area contributed by atoms with Gasteiger partial charge < -0.3 is 10.2 Å². The normalized spacial score (nSPS) is 29.3. The number of benzene rings is 1. The molecule has 0 radical (unpaired) electrons. The number of nitrogens with zero attached hydrogens (tertiary/aromatic N) is 1. The van der Waals surface area contributed by atoms with E-state index in [-0.39, 0.29) is 24.1 Å². The van der Waals surface area contributed by atoms with Gasteiger partial charge in [0.05, 0.1) is 11.8 Å². The van der Waals surface area contributed by atoms with Crippen molar-refractivity contribution in [3.05, 3.63) is 35.9 Å². The third kappa shape index (κ3) is 4.12. The first-order valence-electron chi connectivity index (χ1n) is 8.55. The lowest BCUT2D eigenvalue weighted by molar-refractivity contribution is 0.166. The van der Waals surface area contributed by atoms with E-state index in [1.807, 2.05) is 6.07 Å². The van der Waals surface area contributed by atoms with Crippen LogP contribution in [0.5, 0.6) is 0 Å². The summed E-state index contributed by atoms with van der Waals surface area (Å²) in [5.74, 6) is -0.0891. The number of likely N-dealkylation sites (tertiary alicyclic amines) is 1. The SMILES string of the molecule is CNS(=O)(=O)CC1CCCN(C(=O)NC2CC2(F)c2ccccc2)C1. The van der Waals surface area contributed by atoms with Gasteiger partial charge in [0.25, 0.3) is 0 Å². The van der Waals surface area contributed by atoms with E-state index in [1.54, 1.807) is 29.2 Å². The molecule has 2 amide bonds. The van der Waals surface area contributed by atoms with Crippen LogP contribution in [0.2, 0.25) is 0 Å². The van der Waals surface area contributed by atoms with Crippen LogP contribution in [-0.4, -0.2) is 51.3 Å². The summed E-state index contributed by atoms with van der Waals surface area (Å²) in [4.78, 5) is 14.0. The second-order valence-corrected chi connectivity index (χ2v) is 8.85. The number of urea groups is 1. The first kappa shape index (κ1) is 18.1. The predicted molar refractivity (Wildman–Crippen MR) is 93.3 cm³/mol. The van der Waals surface area contributed by atoms with Gasteiger partial charge in [0, 0.05) is 19.5 Å². The number of hydrogen-bond donors (Lipinski definition) is 2. The molecular weight excluding hydrogens is 345 g/mol. The summed E-state index contributed by atoms with van der Waals surface area (Å²) in [5, 5.41) is 2.76. The Morgan fingerprint density at radius 2 is 2.08 bits per heavy atom. The number of halogens is 1. The fourth-order valence-corrected chi connectivity index (χ4v) is 4.52. The molecule has 0 spiro atoms. The van der Waals surface area contributed by atoms with Crippen molar-refractivity contribution in [3.8, 4) is 0 Å². The molecular formula is C17H24FN3O3S. The van der Waals surface area contributed by atoms with Crippen molar-refractivity contribution < 1.29 is 17.6 Å². The summed E-state index contributed by atoms with van der Waals surface area (Å²) < 4.78 is 40.5. The van der Waals surface area contributed by atoms with Crippen molar-refractivity contribution in [3.63, 3.8) is 0 Å². The number of carbonyl (C=O) groups excluding carboxylic acids is 1. The maximum absolute atomic E-state index is 14.8. The minimum atomic E-state index is -3.30. The number of carbonyl (C=O) groups is 1. The highest BCUT2D eigenvalue weighted by Crippen LogP contribution is 2.49. The maximum atomic E-state index is 14.8. The summed E-state index contributed by atoms with van der Waals surface area (Å²) in [6.07, 6.45) is 1.79. The van der Waals surface area contributed by atoms with Gasteiger partial charge >= 0.3 is 6.03 Å². The third-order valence-electron chi connectivity index (χ3n) is 5.02. The lowest BCUT2D eigenvalue weighted by Gasteiger charge is -2.32. The van der Waals surface area contributed by atoms with Crippen LogP contribution in [0.15, 0.2) is 30.3 Å². The molecule has 1 aliphatic heterocycles. The molecule has 2 aliphatic rings. The van der Waals surface area contributed by atoms with E-state index in [4.69, 9.17) is 0 Å². The highest BCUT2D eigenvalue weighted by Gasteiger charge is 2.58. The molecule has 0 aromatic heterocycles. The molecule has 25 heavy (non-hydrogen) atoms. The van der Waals surface area contributed by atoms with Gasteiger partial charge in [-0.3, -0.25) is 0 Å². The first-order chi connectivity index (χ1) is 11.8. The monoisotopic (exact) mass is 369 g/mol. The van der Waals surface area contributed by atoms with E-state index in [2.05, 4.69) is 10.0 Å². The molecule has 1 saturated carbocycles. The summed E-state index contributed by atoms with van der Waals surface area (Å²) in [7, 11) is -1.91. The van der Waals surface area contributed by atoms with Crippen LogP contribution in [0.25, 0.3) is 0 Å². The van der Waals surface area contributed by atoms with Crippen molar-refractivity contribution in [1.82, 2.24) is 14.9 Å². The van der Waals surface area contributed by atoms with Crippen molar-refractivity contribution in [2.75, 3.05) is 25.9 Å². The fourth-order valence-electron chi connectivity index (χ4n) is 3.46. The molecule has 6 nitrogen and oxygen atoms in total. The average Bonchev–Trinajstić information content (AvgIpc) is 3.26. The van der Waals surface area contributed by atoms with E-state index in [9.17, 15) is 17.6 Å². The second-order valence-electron chi connectivity index (χ2n) is 6.87. The molecule has 3 atom stereocenters. The number of piperidine rings is 1. The van der Waals surface area contributed by atoms with Gasteiger partial charge in [-0.15, -0.1) is 0 Å². The molecule has 138 valence electrons. The average molecular weight is 369 g/mol. The Morgan fingerprint density at radius 3 is 2.76 bits per heavy atom. The van der Waals surface area contributed by atoms with Crippen LogP contribution < -0.4 is 10.0 Å². The Morgan fingerprint density at radius 1 is 1.36 bits per heavy atom. The molecule has 1 saturated heterocycles. The standard InChI is InChI=1S/C17H24FN3O3S/c1-19-25(23,24)12-13-6-5-9-21(11-13)16(22)20-15-10-17(15,18)14-7-3-2-4-8-14/h2-4,7-8,13,15,19H,5-6,9-12H2,1H3,(H,20,22). The zero-order valence-corrected chi connectivity index (χ0v) is 15.1. The van der Waals surface area contributed by atoms with E-state index in [1.165, 1.54) is 7.05 Å². The number of amides is 2. The Balaban J connectivity index is 1.55. The Labute approximate surface area is 147 Å². The lowest BCUT2D eigenvalue weighted by Crippen LogP contribution is -2.48. The summed E-state index contributed by atoms with van der Waals surface area (Å²) in [6, 6.07) is 8.01. The molecule has 1 aliphatic carbocycles. The zero-order valence-electron chi connectivity index (χ0n) is 14.2. The van der Waals surface area contributed by atoms with Crippen LogP contribution in [0, 0.1) is 5.92 Å². The van der Waals surface area contributed by atoms with E-state index >= 15 is 0 Å². The van der Waals surface area contributed by atoms with Crippen LogP contribution >= 0.6 is 0 Å². The van der Waals surface area contributed by atoms with Crippen molar-refractivity contribution in [2.45, 2.75) is 31.0 Å². The predicted octanol–water partition coefficient (Wildman–Crippen LogP) is 1.59. The van der Waals surface area contributed by atoms with Gasteiger partial charge in [-0.2, -0.15) is 0 Å². The molecule has 3 unspecified atom stereocenters. The molecule has 2 fully saturated rings. The van der Waals surface area contributed by atoms with Crippen LogP contribution in [0.3, 0.4) is 0 Å². The van der Waals surface area contributed by atoms with Gasteiger partial charge in [-0.05, 0) is 31.4 Å². The largest absolute Gasteiger partial charge is 0.332 e. The van der Waals surface area contributed by atoms with Gasteiger partial charge in [-0.1, -0.05) is 30.3 Å². The number of hydrogen-bond acceptors (Lipinski definition) is 3. The van der Waals surface area contributed by atoms with Gasteiger partial charge in [0.2, 0.25) is 10.0 Å². The van der Waals surface area contributed by atoms with Gasteiger partial charge in [-0.25, -0.2) is 22.3 Å². The molecule has 1 aromatic carbocycles. The minimum absolute atomic E-state index is 0.00771. The summed E-state index contributed by atoms with van der Waals surface area (Å²) in [6.45, 7) is 0.948. The zero-order chi connectivity index (χ0) is 18.1. The number of rotatable bonds is 5. The van der Waals surface area contributed by atoms with Crippen LogP contribution in [0.4, 0.5) is 9.18 Å². The van der Waals surface area contributed by atoms with Crippen LogP contribution in [-0.2, 0) is 15.7 Å². The van der Waals surface area contributed by atoms with Crippen molar-refractivity contribution in [1.29, 1.82) is 0 Å². The molecule has 3 rings (SSSR count). The quantitative estimate of drug-likeness (QED) is 0.827. The van der Waals surface area contributed by atoms with E-state index < -0.39 is 21.7 Å². The first-order valence-corrected chi connectivity index (χ1v) is 10.2. The topological polar surface area (TPSA) is 78.5 Å². The Bertz CT molecular complexity index is 728. The highest BCUT2D eigenvalue weighted by molar-refractivity contribution is 7.89. The molecule has 1 aromatic rings. The van der Waals surface area contributed by atoms with Crippen molar-refractivity contribution >= 4 is 16.1 Å². The van der Waals surface area contributed by atoms with Gasteiger partial charge in [0.15, 0.2) is 5.67 Å². The number of sulfonamides is 1. The minimum Gasteiger partial charge on any atom is -0.332 e. The lowest BCUT2D eigenvalue weighted by atomic mass is 10.0. The molecule has 1 heterocycles. The number of alkyl halides is 1. The highest BCUT2D eigenvalue weighted by atomic mass is 32.2. The molecule has 2 N–H and O–H groups in total. The Hall–Kier alpha value is -1.67. The summed E-state index contributed by atoms with van der Waals surface area (Å²) >= 11 is 0. The van der Waals surface area contributed by atoms with E-state index in [0.717, 1.165) is 12.8 Å². The Kier molecular flexibility index (Phi) is 5.02. The van der Waals surface area contributed by atoms with Gasteiger partial charge in [0.1, 0.15) is 0 Å². The summed E-state index contributed by atoms with van der Waals surface area (Å²) in [5.41, 5.74) is -0.918. The fraction of sp³-hybridized carbons (Fsp3) is 0.588.